The number of hydrogen-bond acceptors (Lipinski definition) is 3. The lowest BCUT2D eigenvalue weighted by molar-refractivity contribution is 0.0577. The SMILES string of the molecule is COc1cccc(NC(=O)N2[C@@H]3CCC[C@@H]2CC(NC(=O)c2ccccc2)C3)c1. The molecule has 2 fully saturated rings. The highest BCUT2D eigenvalue weighted by molar-refractivity contribution is 5.94. The summed E-state index contributed by atoms with van der Waals surface area (Å²) in [7, 11) is 1.61. The first-order valence-corrected chi connectivity index (χ1v) is 10.2. The average Bonchev–Trinajstić information content (AvgIpc) is 2.73. The fraction of sp³-hybridized carbons (Fsp3) is 0.391. The van der Waals surface area contributed by atoms with Crippen molar-refractivity contribution in [2.75, 3.05) is 12.4 Å². The first kappa shape index (κ1) is 19.3. The van der Waals surface area contributed by atoms with Gasteiger partial charge in [0.25, 0.3) is 5.91 Å². The van der Waals surface area contributed by atoms with Crippen LogP contribution in [0.1, 0.15) is 42.5 Å². The van der Waals surface area contributed by atoms with Gasteiger partial charge in [-0.15, -0.1) is 0 Å². The smallest absolute Gasteiger partial charge is 0.322 e. The molecule has 2 aromatic carbocycles. The number of rotatable bonds is 4. The molecule has 2 saturated heterocycles. The molecule has 2 atom stereocenters. The molecule has 2 aromatic rings. The first-order valence-electron chi connectivity index (χ1n) is 10.2. The van der Waals surface area contributed by atoms with E-state index in [1.54, 1.807) is 7.11 Å². The molecular weight excluding hydrogens is 366 g/mol. The maximum Gasteiger partial charge on any atom is 0.322 e. The zero-order valence-electron chi connectivity index (χ0n) is 16.6. The van der Waals surface area contributed by atoms with Crippen molar-refractivity contribution in [1.29, 1.82) is 0 Å². The van der Waals surface area contributed by atoms with Crippen molar-refractivity contribution in [2.45, 2.75) is 50.2 Å². The summed E-state index contributed by atoms with van der Waals surface area (Å²) in [6.45, 7) is 0. The summed E-state index contributed by atoms with van der Waals surface area (Å²) in [5.41, 5.74) is 1.41. The number of piperidine rings is 2. The van der Waals surface area contributed by atoms with Crippen LogP contribution in [0.3, 0.4) is 0 Å². The summed E-state index contributed by atoms with van der Waals surface area (Å²) in [5, 5.41) is 6.19. The number of carbonyl (C=O) groups is 2. The third kappa shape index (κ3) is 4.36. The number of anilines is 1. The van der Waals surface area contributed by atoms with Gasteiger partial charge in [-0.25, -0.2) is 4.79 Å². The van der Waals surface area contributed by atoms with Crippen LogP contribution in [-0.4, -0.2) is 42.1 Å². The highest BCUT2D eigenvalue weighted by Crippen LogP contribution is 2.35. The molecule has 2 aliphatic rings. The van der Waals surface area contributed by atoms with Gasteiger partial charge >= 0.3 is 6.03 Å². The van der Waals surface area contributed by atoms with Crippen molar-refractivity contribution in [3.05, 3.63) is 60.2 Å². The Morgan fingerprint density at radius 3 is 2.41 bits per heavy atom. The fourth-order valence-corrected chi connectivity index (χ4v) is 4.58. The second-order valence-electron chi connectivity index (χ2n) is 7.82. The molecule has 0 aliphatic carbocycles. The Hall–Kier alpha value is -3.02. The largest absolute Gasteiger partial charge is 0.497 e. The van der Waals surface area contributed by atoms with E-state index in [9.17, 15) is 9.59 Å². The Bertz CT molecular complexity index is 857. The summed E-state index contributed by atoms with van der Waals surface area (Å²) in [6.07, 6.45) is 4.65. The van der Waals surface area contributed by atoms with E-state index in [0.717, 1.165) is 37.8 Å². The Balaban J connectivity index is 1.41. The van der Waals surface area contributed by atoms with Crippen LogP contribution < -0.4 is 15.4 Å². The second-order valence-corrected chi connectivity index (χ2v) is 7.82. The van der Waals surface area contributed by atoms with E-state index in [-0.39, 0.29) is 30.1 Å². The Morgan fingerprint density at radius 1 is 1.00 bits per heavy atom. The number of methoxy groups -OCH3 is 1. The minimum Gasteiger partial charge on any atom is -0.497 e. The van der Waals surface area contributed by atoms with Gasteiger partial charge in [-0.2, -0.15) is 0 Å². The molecule has 2 heterocycles. The summed E-state index contributed by atoms with van der Waals surface area (Å²) in [5.74, 6) is 0.674. The van der Waals surface area contributed by atoms with Crippen LogP contribution in [0.4, 0.5) is 10.5 Å². The highest BCUT2D eigenvalue weighted by Gasteiger charge is 2.41. The number of benzene rings is 2. The monoisotopic (exact) mass is 393 g/mol. The van der Waals surface area contributed by atoms with E-state index < -0.39 is 0 Å². The van der Waals surface area contributed by atoms with Gasteiger partial charge in [-0.3, -0.25) is 4.79 Å². The third-order valence-electron chi connectivity index (χ3n) is 5.90. The topological polar surface area (TPSA) is 70.7 Å². The van der Waals surface area contributed by atoms with E-state index in [4.69, 9.17) is 4.74 Å². The van der Waals surface area contributed by atoms with Crippen molar-refractivity contribution in [3.63, 3.8) is 0 Å². The molecule has 0 saturated carbocycles. The summed E-state index contributed by atoms with van der Waals surface area (Å²) in [6, 6.07) is 17.0. The summed E-state index contributed by atoms with van der Waals surface area (Å²) >= 11 is 0. The minimum absolute atomic E-state index is 0.0389. The van der Waals surface area contributed by atoms with Crippen molar-refractivity contribution in [3.8, 4) is 5.75 Å². The molecule has 6 heteroatoms. The van der Waals surface area contributed by atoms with Crippen molar-refractivity contribution in [1.82, 2.24) is 10.2 Å². The van der Waals surface area contributed by atoms with Crippen LogP contribution in [0.25, 0.3) is 0 Å². The van der Waals surface area contributed by atoms with Gasteiger partial charge < -0.3 is 20.3 Å². The molecule has 3 amide bonds. The summed E-state index contributed by atoms with van der Waals surface area (Å²) in [4.78, 5) is 27.5. The standard InChI is InChI=1S/C23H27N3O3/c1-29-21-12-5-9-17(15-21)25-23(28)26-19-10-6-11-20(26)14-18(13-19)24-22(27)16-7-3-2-4-8-16/h2-5,7-9,12,15,18-20H,6,10-11,13-14H2,1H3,(H,24,27)(H,25,28)/t19-,20-/m1/s1. The van der Waals surface area contributed by atoms with E-state index in [1.807, 2.05) is 59.5 Å². The molecule has 0 spiro atoms. The molecule has 4 rings (SSSR count). The molecule has 2 N–H and O–H groups in total. The molecule has 29 heavy (non-hydrogen) atoms. The lowest BCUT2D eigenvalue weighted by Gasteiger charge is -2.48. The molecule has 0 unspecified atom stereocenters. The van der Waals surface area contributed by atoms with Crippen molar-refractivity contribution < 1.29 is 14.3 Å². The normalized spacial score (nSPS) is 23.2. The zero-order valence-corrected chi connectivity index (χ0v) is 16.6. The van der Waals surface area contributed by atoms with Crippen molar-refractivity contribution in [2.24, 2.45) is 0 Å². The van der Waals surface area contributed by atoms with E-state index in [2.05, 4.69) is 10.6 Å². The fourth-order valence-electron chi connectivity index (χ4n) is 4.58. The number of nitrogens with zero attached hydrogens (tertiary/aromatic N) is 1. The average molecular weight is 393 g/mol. The van der Waals surface area contributed by atoms with Crippen LogP contribution in [-0.2, 0) is 0 Å². The first-order chi connectivity index (χ1) is 14.1. The van der Waals surface area contributed by atoms with E-state index in [1.165, 1.54) is 0 Å². The Labute approximate surface area is 171 Å². The van der Waals surface area contributed by atoms with Crippen molar-refractivity contribution >= 4 is 17.6 Å². The molecule has 6 nitrogen and oxygen atoms in total. The molecule has 2 bridgehead atoms. The second kappa shape index (κ2) is 8.55. The number of carbonyl (C=O) groups excluding carboxylic acids is 2. The quantitative estimate of drug-likeness (QED) is 0.823. The molecular formula is C23H27N3O3. The predicted octanol–water partition coefficient (Wildman–Crippen LogP) is 4.04. The van der Waals surface area contributed by atoms with Gasteiger partial charge in [0.1, 0.15) is 5.75 Å². The molecule has 152 valence electrons. The number of amides is 3. The van der Waals surface area contributed by atoms with E-state index >= 15 is 0 Å². The van der Waals surface area contributed by atoms with E-state index in [0.29, 0.717) is 11.3 Å². The van der Waals surface area contributed by atoms with Crippen LogP contribution in [0.2, 0.25) is 0 Å². The molecule has 2 aliphatic heterocycles. The maximum absolute atomic E-state index is 13.0. The van der Waals surface area contributed by atoms with Gasteiger partial charge in [-0.05, 0) is 56.4 Å². The predicted molar refractivity (Wildman–Crippen MR) is 112 cm³/mol. The lowest BCUT2D eigenvalue weighted by atomic mass is 9.82. The van der Waals surface area contributed by atoms with Gasteiger partial charge in [0.05, 0.1) is 7.11 Å². The van der Waals surface area contributed by atoms with Gasteiger partial charge in [-0.1, -0.05) is 24.3 Å². The highest BCUT2D eigenvalue weighted by atomic mass is 16.5. The number of ether oxygens (including phenoxy) is 1. The summed E-state index contributed by atoms with van der Waals surface area (Å²) < 4.78 is 5.24. The van der Waals surface area contributed by atoms with Gasteiger partial charge in [0, 0.05) is 35.4 Å². The number of nitrogens with one attached hydrogen (secondary N) is 2. The van der Waals surface area contributed by atoms with Crippen LogP contribution >= 0.6 is 0 Å². The number of urea groups is 1. The Morgan fingerprint density at radius 2 is 1.72 bits per heavy atom. The van der Waals surface area contributed by atoms with Crippen LogP contribution in [0, 0.1) is 0 Å². The minimum atomic E-state index is -0.0687. The van der Waals surface area contributed by atoms with Gasteiger partial charge in [0.2, 0.25) is 0 Å². The van der Waals surface area contributed by atoms with Crippen LogP contribution in [0.15, 0.2) is 54.6 Å². The van der Waals surface area contributed by atoms with Crippen LogP contribution in [0.5, 0.6) is 5.75 Å². The Kier molecular flexibility index (Phi) is 5.69. The third-order valence-corrected chi connectivity index (χ3v) is 5.90. The van der Waals surface area contributed by atoms with Gasteiger partial charge in [0.15, 0.2) is 0 Å². The maximum atomic E-state index is 13.0. The zero-order chi connectivity index (χ0) is 20.2. The number of hydrogen-bond donors (Lipinski definition) is 2. The molecule has 0 radical (unpaired) electrons. The number of fused-ring (bicyclic) bond motifs is 2. The molecule has 0 aromatic heterocycles. The lowest BCUT2D eigenvalue weighted by Crippen LogP contribution is -2.59.